The molecule has 1 amide bonds. The molecule has 1 aliphatic rings. The number of aryl methyl sites for hydroxylation is 1. The predicted octanol–water partition coefficient (Wildman–Crippen LogP) is 3.46. The molecular formula is C18H23Cl2N3O. The molecule has 24 heavy (non-hydrogen) atoms. The first-order valence-corrected chi connectivity index (χ1v) is 7.75. The highest BCUT2D eigenvalue weighted by Crippen LogP contribution is 2.23. The number of pyridine rings is 1. The number of amides is 1. The third-order valence-corrected chi connectivity index (χ3v) is 4.30. The largest absolute Gasteiger partial charge is 0.334 e. The van der Waals surface area contributed by atoms with Gasteiger partial charge in [-0.3, -0.25) is 9.78 Å². The monoisotopic (exact) mass is 367 g/mol. The minimum atomic E-state index is 0. The Hall–Kier alpha value is -1.62. The number of hydrogen-bond acceptors (Lipinski definition) is 3. The van der Waals surface area contributed by atoms with Crippen LogP contribution in [-0.4, -0.2) is 34.9 Å². The molecule has 3 rings (SSSR count). The molecule has 130 valence electrons. The highest BCUT2D eigenvalue weighted by atomic mass is 35.5. The van der Waals surface area contributed by atoms with Crippen molar-refractivity contribution in [3.8, 4) is 11.3 Å². The van der Waals surface area contributed by atoms with Crippen LogP contribution in [0.2, 0.25) is 0 Å². The molecule has 0 aliphatic carbocycles. The van der Waals surface area contributed by atoms with E-state index in [9.17, 15) is 4.79 Å². The molecule has 0 bridgehead atoms. The van der Waals surface area contributed by atoms with Crippen LogP contribution in [0.15, 0.2) is 42.5 Å². The maximum Gasteiger partial charge on any atom is 0.255 e. The van der Waals surface area contributed by atoms with Crippen molar-refractivity contribution in [2.24, 2.45) is 5.73 Å². The summed E-state index contributed by atoms with van der Waals surface area (Å²) in [4.78, 5) is 19.2. The van der Waals surface area contributed by atoms with Crippen LogP contribution in [0.3, 0.4) is 0 Å². The van der Waals surface area contributed by atoms with E-state index in [4.69, 9.17) is 5.73 Å². The molecule has 1 atom stereocenters. The van der Waals surface area contributed by atoms with Crippen LogP contribution in [0.4, 0.5) is 0 Å². The first kappa shape index (κ1) is 20.4. The Morgan fingerprint density at radius 2 is 1.92 bits per heavy atom. The molecule has 6 heteroatoms. The molecule has 1 aromatic carbocycles. The highest BCUT2D eigenvalue weighted by Gasteiger charge is 2.29. The number of nitrogens with two attached hydrogens (primary N) is 1. The summed E-state index contributed by atoms with van der Waals surface area (Å²) in [5.74, 6) is 0.0533. The molecule has 1 unspecified atom stereocenters. The number of halogens is 2. The van der Waals surface area contributed by atoms with Crippen LogP contribution in [-0.2, 0) is 0 Å². The third-order valence-electron chi connectivity index (χ3n) is 4.30. The van der Waals surface area contributed by atoms with Gasteiger partial charge in [0.05, 0.1) is 17.0 Å². The van der Waals surface area contributed by atoms with E-state index in [1.807, 2.05) is 54.3 Å². The van der Waals surface area contributed by atoms with Crippen LogP contribution in [0, 0.1) is 6.92 Å². The van der Waals surface area contributed by atoms with E-state index >= 15 is 0 Å². The van der Waals surface area contributed by atoms with Crippen LogP contribution in [0.25, 0.3) is 11.3 Å². The number of carbonyl (C=O) groups excluding carboxylic acids is 1. The smallest absolute Gasteiger partial charge is 0.255 e. The lowest BCUT2D eigenvalue weighted by molar-refractivity contribution is 0.0740. The summed E-state index contributed by atoms with van der Waals surface area (Å²) in [5.41, 5.74) is 9.18. The number of rotatable bonds is 3. The van der Waals surface area contributed by atoms with Gasteiger partial charge in [-0.25, -0.2) is 0 Å². The van der Waals surface area contributed by atoms with Crippen molar-refractivity contribution >= 4 is 30.7 Å². The fraction of sp³-hybridized carbons (Fsp3) is 0.333. The molecule has 0 radical (unpaired) electrons. The summed E-state index contributed by atoms with van der Waals surface area (Å²) in [6, 6.07) is 14.0. The second-order valence-electron chi connectivity index (χ2n) is 5.73. The van der Waals surface area contributed by atoms with Crippen molar-refractivity contribution in [1.82, 2.24) is 9.88 Å². The SMILES string of the molecule is Cc1nc(-c2ccccc2)ccc1C(=O)N1CCCC1CN.Cl.Cl. The molecule has 1 saturated heterocycles. The Labute approximate surface area is 155 Å². The van der Waals surface area contributed by atoms with Crippen LogP contribution < -0.4 is 5.73 Å². The first-order chi connectivity index (χ1) is 10.7. The summed E-state index contributed by atoms with van der Waals surface area (Å²) < 4.78 is 0. The number of carbonyl (C=O) groups is 1. The molecule has 2 heterocycles. The fourth-order valence-corrected chi connectivity index (χ4v) is 3.06. The van der Waals surface area contributed by atoms with Crippen molar-refractivity contribution < 1.29 is 4.79 Å². The molecule has 2 N–H and O–H groups in total. The van der Waals surface area contributed by atoms with E-state index in [2.05, 4.69) is 4.98 Å². The molecule has 1 fully saturated rings. The van der Waals surface area contributed by atoms with E-state index in [0.717, 1.165) is 36.3 Å². The molecule has 2 aromatic rings. The zero-order chi connectivity index (χ0) is 15.5. The summed E-state index contributed by atoms with van der Waals surface area (Å²) >= 11 is 0. The van der Waals surface area contributed by atoms with Crippen LogP contribution in [0.5, 0.6) is 0 Å². The lowest BCUT2D eigenvalue weighted by atomic mass is 10.1. The minimum Gasteiger partial charge on any atom is -0.334 e. The van der Waals surface area contributed by atoms with Gasteiger partial charge in [-0.15, -0.1) is 24.8 Å². The molecular weight excluding hydrogens is 345 g/mol. The van der Waals surface area contributed by atoms with Gasteiger partial charge in [0.25, 0.3) is 5.91 Å². The fourth-order valence-electron chi connectivity index (χ4n) is 3.06. The average Bonchev–Trinajstić information content (AvgIpc) is 3.03. The van der Waals surface area contributed by atoms with Crippen molar-refractivity contribution in [2.45, 2.75) is 25.8 Å². The summed E-state index contributed by atoms with van der Waals surface area (Å²) in [6.07, 6.45) is 2.03. The quantitative estimate of drug-likeness (QED) is 0.903. The first-order valence-electron chi connectivity index (χ1n) is 7.75. The number of likely N-dealkylation sites (tertiary alicyclic amines) is 1. The summed E-state index contributed by atoms with van der Waals surface area (Å²) in [6.45, 7) is 3.22. The minimum absolute atomic E-state index is 0. The third kappa shape index (κ3) is 4.07. The van der Waals surface area contributed by atoms with Gasteiger partial charge in [0.2, 0.25) is 0 Å². The van der Waals surface area contributed by atoms with Crippen molar-refractivity contribution in [3.05, 3.63) is 53.7 Å². The second kappa shape index (κ2) is 9.02. The Morgan fingerprint density at radius 3 is 2.54 bits per heavy atom. The molecule has 0 saturated carbocycles. The van der Waals surface area contributed by atoms with Gasteiger partial charge in [0, 0.05) is 24.7 Å². The Morgan fingerprint density at radius 1 is 1.21 bits per heavy atom. The normalized spacial score (nSPS) is 16.2. The van der Waals surface area contributed by atoms with Gasteiger partial charge in [0.15, 0.2) is 0 Å². The molecule has 4 nitrogen and oxygen atoms in total. The summed E-state index contributed by atoms with van der Waals surface area (Å²) in [7, 11) is 0. The predicted molar refractivity (Wildman–Crippen MR) is 102 cm³/mol. The molecule has 1 aliphatic heterocycles. The van der Waals surface area contributed by atoms with Crippen molar-refractivity contribution in [3.63, 3.8) is 0 Å². The molecule has 1 aromatic heterocycles. The van der Waals surface area contributed by atoms with Crippen LogP contribution in [0.1, 0.15) is 28.9 Å². The van der Waals surface area contributed by atoms with E-state index in [0.29, 0.717) is 12.1 Å². The van der Waals surface area contributed by atoms with Crippen molar-refractivity contribution in [1.29, 1.82) is 0 Å². The van der Waals surface area contributed by atoms with E-state index < -0.39 is 0 Å². The highest BCUT2D eigenvalue weighted by molar-refractivity contribution is 5.96. The lowest BCUT2D eigenvalue weighted by Crippen LogP contribution is -2.40. The van der Waals surface area contributed by atoms with Crippen LogP contribution >= 0.6 is 24.8 Å². The van der Waals surface area contributed by atoms with Gasteiger partial charge in [0.1, 0.15) is 0 Å². The second-order valence-corrected chi connectivity index (χ2v) is 5.73. The number of aromatic nitrogens is 1. The number of nitrogens with zero attached hydrogens (tertiary/aromatic N) is 2. The van der Waals surface area contributed by atoms with E-state index in [-0.39, 0.29) is 36.8 Å². The van der Waals surface area contributed by atoms with Crippen molar-refractivity contribution in [2.75, 3.05) is 13.1 Å². The maximum absolute atomic E-state index is 12.7. The Bertz CT molecular complexity index is 679. The Kier molecular flexibility index (Phi) is 7.67. The Balaban J connectivity index is 0.00000144. The van der Waals surface area contributed by atoms with Gasteiger partial charge >= 0.3 is 0 Å². The average molecular weight is 368 g/mol. The van der Waals surface area contributed by atoms with Gasteiger partial charge in [-0.05, 0) is 31.9 Å². The van der Waals surface area contributed by atoms with E-state index in [1.54, 1.807) is 0 Å². The van der Waals surface area contributed by atoms with Gasteiger partial charge in [-0.2, -0.15) is 0 Å². The number of benzene rings is 1. The molecule has 0 spiro atoms. The lowest BCUT2D eigenvalue weighted by Gasteiger charge is -2.24. The zero-order valence-electron chi connectivity index (χ0n) is 13.6. The van der Waals surface area contributed by atoms with Gasteiger partial charge in [-0.1, -0.05) is 30.3 Å². The maximum atomic E-state index is 12.7. The summed E-state index contributed by atoms with van der Waals surface area (Å²) in [5, 5.41) is 0. The zero-order valence-corrected chi connectivity index (χ0v) is 15.3. The number of hydrogen-bond donors (Lipinski definition) is 1. The standard InChI is InChI=1S/C18H21N3O.2ClH/c1-13-16(18(22)21-11-5-8-15(21)12-19)9-10-17(20-13)14-6-3-2-4-7-14;;/h2-4,6-7,9-10,15H,5,8,11-12,19H2,1H3;2*1H. The van der Waals surface area contributed by atoms with Gasteiger partial charge < -0.3 is 10.6 Å². The van der Waals surface area contributed by atoms with E-state index in [1.165, 1.54) is 0 Å². The topological polar surface area (TPSA) is 59.2 Å².